The minimum Gasteiger partial charge on any atom is -0.497 e. The highest BCUT2D eigenvalue weighted by atomic mass is 16.5. The molecule has 2 N–H and O–H groups in total. The average molecular weight is 404 g/mol. The molecule has 6 nitrogen and oxygen atoms in total. The number of methoxy groups -OCH3 is 1. The van der Waals surface area contributed by atoms with Gasteiger partial charge in [-0.15, -0.1) is 0 Å². The van der Waals surface area contributed by atoms with Crippen LogP contribution in [0.1, 0.15) is 21.5 Å². The fourth-order valence-corrected chi connectivity index (χ4v) is 2.99. The van der Waals surface area contributed by atoms with Crippen molar-refractivity contribution >= 4 is 17.5 Å². The van der Waals surface area contributed by atoms with Gasteiger partial charge in [0.1, 0.15) is 5.75 Å². The molecule has 1 heterocycles. The van der Waals surface area contributed by atoms with E-state index in [-0.39, 0.29) is 18.4 Å². The molecule has 0 bridgehead atoms. The molecule has 0 aliphatic heterocycles. The third kappa shape index (κ3) is 5.91. The molecular formula is C24H26N3O3+. The zero-order valence-corrected chi connectivity index (χ0v) is 17.2. The van der Waals surface area contributed by atoms with Crippen molar-refractivity contribution in [1.82, 2.24) is 5.32 Å². The number of anilines is 1. The van der Waals surface area contributed by atoms with Crippen molar-refractivity contribution in [3.63, 3.8) is 0 Å². The van der Waals surface area contributed by atoms with E-state index >= 15 is 0 Å². The molecule has 0 radical (unpaired) electrons. The first-order valence-electron chi connectivity index (χ1n) is 9.81. The lowest BCUT2D eigenvalue weighted by atomic mass is 10.1. The molecule has 1 aromatic heterocycles. The van der Waals surface area contributed by atoms with Crippen LogP contribution in [0.2, 0.25) is 0 Å². The van der Waals surface area contributed by atoms with E-state index in [9.17, 15) is 9.59 Å². The van der Waals surface area contributed by atoms with Gasteiger partial charge in [-0.25, -0.2) is 0 Å². The first kappa shape index (κ1) is 21.0. The number of nitrogens with one attached hydrogen (secondary N) is 2. The summed E-state index contributed by atoms with van der Waals surface area (Å²) >= 11 is 0. The summed E-state index contributed by atoms with van der Waals surface area (Å²) in [6.07, 6.45) is 4.41. The van der Waals surface area contributed by atoms with Gasteiger partial charge in [0.2, 0.25) is 6.54 Å². The molecular weight excluding hydrogens is 378 g/mol. The molecule has 154 valence electrons. The van der Waals surface area contributed by atoms with Crippen molar-refractivity contribution < 1.29 is 18.9 Å². The lowest BCUT2D eigenvalue weighted by Crippen LogP contribution is -2.39. The molecule has 2 amide bonds. The summed E-state index contributed by atoms with van der Waals surface area (Å²) in [6.45, 7) is 2.66. The van der Waals surface area contributed by atoms with E-state index < -0.39 is 0 Å². The Hall–Kier alpha value is -3.67. The predicted molar refractivity (Wildman–Crippen MR) is 115 cm³/mol. The Morgan fingerprint density at radius 2 is 1.67 bits per heavy atom. The van der Waals surface area contributed by atoms with Gasteiger partial charge >= 0.3 is 0 Å². The number of hydrogen-bond acceptors (Lipinski definition) is 3. The smallest absolute Gasteiger partial charge is 0.290 e. The normalized spacial score (nSPS) is 10.3. The summed E-state index contributed by atoms with van der Waals surface area (Å²) in [6, 6.07) is 18.6. The summed E-state index contributed by atoms with van der Waals surface area (Å²) in [5.41, 5.74) is 3.17. The van der Waals surface area contributed by atoms with Crippen molar-refractivity contribution in [2.75, 3.05) is 19.0 Å². The van der Waals surface area contributed by atoms with Crippen molar-refractivity contribution in [1.29, 1.82) is 0 Å². The van der Waals surface area contributed by atoms with E-state index in [0.717, 1.165) is 16.9 Å². The van der Waals surface area contributed by atoms with Gasteiger partial charge in [-0.05, 0) is 48.7 Å². The van der Waals surface area contributed by atoms with E-state index in [0.29, 0.717) is 24.2 Å². The van der Waals surface area contributed by atoms with Crippen LogP contribution < -0.4 is 19.9 Å². The minimum atomic E-state index is -0.220. The number of nitrogens with zero attached hydrogens (tertiary/aromatic N) is 1. The molecule has 0 atom stereocenters. The first-order chi connectivity index (χ1) is 14.5. The molecule has 2 aromatic carbocycles. The van der Waals surface area contributed by atoms with Crippen molar-refractivity contribution in [2.24, 2.45) is 0 Å². The lowest BCUT2D eigenvalue weighted by Gasteiger charge is -2.11. The Kier molecular flexibility index (Phi) is 7.16. The van der Waals surface area contributed by atoms with Crippen LogP contribution in [0.25, 0.3) is 0 Å². The maximum Gasteiger partial charge on any atom is 0.290 e. The second-order valence-electron chi connectivity index (χ2n) is 7.00. The maximum atomic E-state index is 12.6. The van der Waals surface area contributed by atoms with Crippen molar-refractivity contribution in [2.45, 2.75) is 19.9 Å². The number of carbonyl (C=O) groups is 2. The van der Waals surface area contributed by atoms with Gasteiger partial charge in [-0.1, -0.05) is 24.3 Å². The number of pyridine rings is 1. The number of benzene rings is 2. The average Bonchev–Trinajstić information content (AvgIpc) is 2.76. The number of para-hydroxylation sites is 1. The second kappa shape index (κ2) is 10.2. The van der Waals surface area contributed by atoms with Crippen LogP contribution in [0.3, 0.4) is 0 Å². The van der Waals surface area contributed by atoms with Gasteiger partial charge < -0.3 is 15.4 Å². The molecule has 0 fully saturated rings. The summed E-state index contributed by atoms with van der Waals surface area (Å²) in [7, 11) is 1.63. The summed E-state index contributed by atoms with van der Waals surface area (Å²) in [5, 5.41) is 5.76. The monoisotopic (exact) mass is 404 g/mol. The topological polar surface area (TPSA) is 71.3 Å². The molecule has 0 saturated carbocycles. The molecule has 30 heavy (non-hydrogen) atoms. The SMILES string of the molecule is COc1ccc(CCNC(=O)c2ccccc2NC(=O)C[n+]2ccc(C)cc2)cc1. The highest BCUT2D eigenvalue weighted by Gasteiger charge is 2.15. The highest BCUT2D eigenvalue weighted by molar-refractivity contribution is 6.03. The van der Waals surface area contributed by atoms with E-state index in [2.05, 4.69) is 10.6 Å². The van der Waals surface area contributed by atoms with Crippen LogP contribution >= 0.6 is 0 Å². The van der Waals surface area contributed by atoms with Gasteiger partial charge in [0.15, 0.2) is 12.4 Å². The Morgan fingerprint density at radius 3 is 2.37 bits per heavy atom. The van der Waals surface area contributed by atoms with Crippen LogP contribution in [0.15, 0.2) is 73.1 Å². The van der Waals surface area contributed by atoms with Gasteiger partial charge in [-0.2, -0.15) is 4.57 Å². The summed E-state index contributed by atoms with van der Waals surface area (Å²) in [4.78, 5) is 25.1. The molecule has 0 saturated heterocycles. The van der Waals surface area contributed by atoms with E-state index in [1.807, 2.05) is 55.7 Å². The Morgan fingerprint density at radius 1 is 0.967 bits per heavy atom. The standard InChI is InChI=1S/C24H25N3O3/c1-18-12-15-27(16-13-18)17-23(28)26-22-6-4-3-5-21(22)24(29)25-14-11-19-7-9-20(30-2)10-8-19/h3-10,12-13,15-16H,11,14,17H2,1-2H3,(H-,25,26,28,29)/p+1. The van der Waals surface area contributed by atoms with Crippen LogP contribution in [0.5, 0.6) is 5.75 Å². The molecule has 6 heteroatoms. The van der Waals surface area contributed by atoms with Gasteiger partial charge in [0.25, 0.3) is 11.8 Å². The van der Waals surface area contributed by atoms with Gasteiger partial charge in [0.05, 0.1) is 18.4 Å². The predicted octanol–water partition coefficient (Wildman–Crippen LogP) is 2.90. The summed E-state index contributed by atoms with van der Waals surface area (Å²) in [5.74, 6) is 0.390. The number of ether oxygens (including phenoxy) is 1. The highest BCUT2D eigenvalue weighted by Crippen LogP contribution is 2.15. The molecule has 3 rings (SSSR count). The number of carbonyl (C=O) groups excluding carboxylic acids is 2. The third-order valence-corrected chi connectivity index (χ3v) is 4.69. The third-order valence-electron chi connectivity index (χ3n) is 4.69. The van der Waals surface area contributed by atoms with Gasteiger partial charge in [-0.3, -0.25) is 9.59 Å². The molecule has 0 aliphatic carbocycles. The van der Waals surface area contributed by atoms with Crippen molar-refractivity contribution in [3.05, 3.63) is 89.7 Å². The number of aromatic nitrogens is 1. The van der Waals surface area contributed by atoms with Crippen LogP contribution in [-0.4, -0.2) is 25.5 Å². The number of rotatable bonds is 8. The molecule has 0 unspecified atom stereocenters. The van der Waals surface area contributed by atoms with Crippen LogP contribution in [0.4, 0.5) is 5.69 Å². The lowest BCUT2D eigenvalue weighted by molar-refractivity contribution is -0.684. The minimum absolute atomic E-state index is 0.174. The number of amides is 2. The number of aryl methyl sites for hydroxylation is 1. The second-order valence-corrected chi connectivity index (χ2v) is 7.00. The molecule has 0 aliphatic rings. The molecule has 3 aromatic rings. The van der Waals surface area contributed by atoms with E-state index in [4.69, 9.17) is 4.74 Å². The molecule has 0 spiro atoms. The van der Waals surface area contributed by atoms with Crippen LogP contribution in [-0.2, 0) is 17.8 Å². The largest absolute Gasteiger partial charge is 0.497 e. The Labute approximate surface area is 176 Å². The Balaban J connectivity index is 1.57. The van der Waals surface area contributed by atoms with Crippen molar-refractivity contribution in [3.8, 4) is 5.75 Å². The Bertz CT molecular complexity index is 999. The fourth-order valence-electron chi connectivity index (χ4n) is 2.99. The van der Waals surface area contributed by atoms with E-state index in [1.54, 1.807) is 35.9 Å². The van der Waals surface area contributed by atoms with E-state index in [1.165, 1.54) is 0 Å². The zero-order valence-electron chi connectivity index (χ0n) is 17.2. The summed E-state index contributed by atoms with van der Waals surface area (Å²) < 4.78 is 6.94. The zero-order chi connectivity index (χ0) is 21.3. The fraction of sp³-hybridized carbons (Fsp3) is 0.208. The quantitative estimate of drug-likeness (QED) is 0.567. The van der Waals surface area contributed by atoms with Crippen LogP contribution in [0, 0.1) is 6.92 Å². The first-order valence-corrected chi connectivity index (χ1v) is 9.81. The number of hydrogen-bond donors (Lipinski definition) is 2. The maximum absolute atomic E-state index is 12.6. The van der Waals surface area contributed by atoms with Gasteiger partial charge in [0, 0.05) is 18.7 Å².